The Hall–Kier alpha value is -1.95. The van der Waals surface area contributed by atoms with E-state index in [0.717, 1.165) is 25.7 Å². The molecular weight excluding hydrogens is 260 g/mol. The fourth-order valence-electron chi connectivity index (χ4n) is 2.62. The summed E-state index contributed by atoms with van der Waals surface area (Å²) in [6.07, 6.45) is 4.00. The molecule has 0 atom stereocenters. The van der Waals surface area contributed by atoms with Crippen LogP contribution in [-0.2, 0) is 0 Å². The van der Waals surface area contributed by atoms with Gasteiger partial charge in [-0.3, -0.25) is 14.9 Å². The normalized spacial score (nSPS) is 16.9. The first-order valence-corrected chi connectivity index (χ1v) is 6.70. The predicted octanol–water partition coefficient (Wildman–Crippen LogP) is 1.88. The first-order valence-electron chi connectivity index (χ1n) is 6.70. The van der Waals surface area contributed by atoms with E-state index in [9.17, 15) is 20.0 Å². The van der Waals surface area contributed by atoms with Crippen molar-refractivity contribution in [2.24, 2.45) is 5.41 Å². The molecule has 1 aromatic carbocycles. The van der Waals surface area contributed by atoms with E-state index in [-0.39, 0.29) is 23.6 Å². The van der Waals surface area contributed by atoms with Crippen molar-refractivity contribution in [3.05, 3.63) is 39.9 Å². The summed E-state index contributed by atoms with van der Waals surface area (Å²) in [5.41, 5.74) is 0.155. The lowest BCUT2D eigenvalue weighted by Gasteiger charge is -2.26. The SMILES string of the molecule is O=C(NCC1(CO)CCCC1)c1ccc([N+](=O)[O-])cc1. The highest BCUT2D eigenvalue weighted by Crippen LogP contribution is 2.36. The number of carbonyl (C=O) groups excluding carboxylic acids is 1. The minimum Gasteiger partial charge on any atom is -0.396 e. The maximum Gasteiger partial charge on any atom is 0.269 e. The molecule has 0 radical (unpaired) electrons. The Bertz CT molecular complexity index is 492. The van der Waals surface area contributed by atoms with Gasteiger partial charge >= 0.3 is 0 Å². The van der Waals surface area contributed by atoms with E-state index in [4.69, 9.17) is 0 Å². The molecular formula is C14H18N2O4. The third-order valence-corrected chi connectivity index (χ3v) is 3.96. The standard InChI is InChI=1S/C14H18N2O4/c17-10-14(7-1-2-8-14)9-15-13(18)11-3-5-12(6-4-11)16(19)20/h3-6,17H,1-2,7-10H2,(H,15,18). The number of nitro groups is 1. The second-order valence-corrected chi connectivity index (χ2v) is 5.35. The van der Waals surface area contributed by atoms with Gasteiger partial charge in [-0.05, 0) is 25.0 Å². The highest BCUT2D eigenvalue weighted by Gasteiger charge is 2.33. The monoisotopic (exact) mass is 278 g/mol. The van der Waals surface area contributed by atoms with Gasteiger partial charge in [-0.1, -0.05) is 12.8 Å². The van der Waals surface area contributed by atoms with Crippen molar-refractivity contribution in [2.75, 3.05) is 13.2 Å². The van der Waals surface area contributed by atoms with E-state index in [0.29, 0.717) is 12.1 Å². The van der Waals surface area contributed by atoms with Crippen LogP contribution in [0.1, 0.15) is 36.0 Å². The van der Waals surface area contributed by atoms with Crippen LogP contribution < -0.4 is 5.32 Å². The van der Waals surface area contributed by atoms with Gasteiger partial charge in [-0.25, -0.2) is 0 Å². The van der Waals surface area contributed by atoms with Crippen LogP contribution in [0, 0.1) is 15.5 Å². The van der Waals surface area contributed by atoms with Crippen molar-refractivity contribution in [3.63, 3.8) is 0 Å². The van der Waals surface area contributed by atoms with Gasteiger partial charge in [0.05, 0.1) is 11.5 Å². The summed E-state index contributed by atoms with van der Waals surface area (Å²) in [5, 5.41) is 22.8. The van der Waals surface area contributed by atoms with Crippen molar-refractivity contribution in [1.29, 1.82) is 0 Å². The summed E-state index contributed by atoms with van der Waals surface area (Å²) >= 11 is 0. The number of nitro benzene ring substituents is 1. The number of nitrogens with one attached hydrogen (secondary N) is 1. The Labute approximate surface area is 117 Å². The zero-order valence-electron chi connectivity index (χ0n) is 11.2. The predicted molar refractivity (Wildman–Crippen MR) is 73.4 cm³/mol. The van der Waals surface area contributed by atoms with Crippen molar-refractivity contribution >= 4 is 11.6 Å². The number of non-ortho nitro benzene ring substituents is 1. The number of amides is 1. The minimum atomic E-state index is -0.499. The number of aliphatic hydroxyl groups excluding tert-OH is 1. The molecule has 0 saturated heterocycles. The molecule has 0 bridgehead atoms. The van der Waals surface area contributed by atoms with Crippen LogP contribution >= 0.6 is 0 Å². The minimum absolute atomic E-state index is 0.0378. The van der Waals surface area contributed by atoms with Crippen molar-refractivity contribution in [1.82, 2.24) is 5.32 Å². The molecule has 1 aliphatic carbocycles. The van der Waals surface area contributed by atoms with Crippen LogP contribution in [0.2, 0.25) is 0 Å². The van der Waals surface area contributed by atoms with Gasteiger partial charge in [0.1, 0.15) is 0 Å². The summed E-state index contributed by atoms with van der Waals surface area (Å²) in [6.45, 7) is 0.521. The quantitative estimate of drug-likeness (QED) is 0.635. The van der Waals surface area contributed by atoms with Gasteiger partial charge in [0, 0.05) is 29.7 Å². The van der Waals surface area contributed by atoms with Crippen LogP contribution in [0.4, 0.5) is 5.69 Å². The summed E-state index contributed by atoms with van der Waals surface area (Å²) in [5.74, 6) is -0.264. The maximum absolute atomic E-state index is 12.0. The van der Waals surface area contributed by atoms with Gasteiger partial charge < -0.3 is 10.4 Å². The Kier molecular flexibility index (Phi) is 4.34. The first-order chi connectivity index (χ1) is 9.56. The summed E-state index contributed by atoms with van der Waals surface area (Å²) in [6, 6.07) is 5.50. The average Bonchev–Trinajstić information content (AvgIpc) is 2.94. The number of carbonyl (C=O) groups is 1. The van der Waals surface area contributed by atoms with Gasteiger partial charge in [0.25, 0.3) is 11.6 Å². The van der Waals surface area contributed by atoms with E-state index in [1.54, 1.807) is 0 Å². The molecule has 0 aromatic heterocycles. The Morgan fingerprint density at radius 1 is 1.30 bits per heavy atom. The zero-order chi connectivity index (χ0) is 14.6. The molecule has 1 fully saturated rings. The van der Waals surface area contributed by atoms with E-state index >= 15 is 0 Å². The number of hydrogen-bond donors (Lipinski definition) is 2. The molecule has 2 N–H and O–H groups in total. The van der Waals surface area contributed by atoms with Crippen LogP contribution in [0.15, 0.2) is 24.3 Å². The number of benzene rings is 1. The third kappa shape index (κ3) is 3.14. The van der Waals surface area contributed by atoms with E-state index in [1.807, 2.05) is 0 Å². The van der Waals surface area contributed by atoms with E-state index in [2.05, 4.69) is 5.32 Å². The van der Waals surface area contributed by atoms with Crippen LogP contribution in [0.25, 0.3) is 0 Å². The highest BCUT2D eigenvalue weighted by atomic mass is 16.6. The van der Waals surface area contributed by atoms with Gasteiger partial charge in [-0.15, -0.1) is 0 Å². The molecule has 0 spiro atoms. The molecule has 20 heavy (non-hydrogen) atoms. The lowest BCUT2D eigenvalue weighted by Crippen LogP contribution is -2.38. The average molecular weight is 278 g/mol. The second-order valence-electron chi connectivity index (χ2n) is 5.35. The van der Waals surface area contributed by atoms with E-state index in [1.165, 1.54) is 24.3 Å². The molecule has 108 valence electrons. The largest absolute Gasteiger partial charge is 0.396 e. The molecule has 1 aliphatic rings. The number of hydrogen-bond acceptors (Lipinski definition) is 4. The summed E-state index contributed by atoms with van der Waals surface area (Å²) < 4.78 is 0. The molecule has 2 rings (SSSR count). The molecule has 6 nitrogen and oxygen atoms in total. The molecule has 0 unspecified atom stereocenters. The van der Waals surface area contributed by atoms with E-state index < -0.39 is 4.92 Å². The third-order valence-electron chi connectivity index (χ3n) is 3.96. The molecule has 6 heteroatoms. The Morgan fingerprint density at radius 3 is 2.40 bits per heavy atom. The lowest BCUT2D eigenvalue weighted by molar-refractivity contribution is -0.384. The summed E-state index contributed by atoms with van der Waals surface area (Å²) in [4.78, 5) is 22.0. The van der Waals surface area contributed by atoms with Gasteiger partial charge in [0.15, 0.2) is 0 Å². The van der Waals surface area contributed by atoms with Crippen molar-refractivity contribution in [3.8, 4) is 0 Å². The number of nitrogens with zero attached hydrogens (tertiary/aromatic N) is 1. The first kappa shape index (κ1) is 14.5. The zero-order valence-corrected chi connectivity index (χ0v) is 11.2. The maximum atomic E-state index is 12.0. The Morgan fingerprint density at radius 2 is 1.90 bits per heavy atom. The fraction of sp³-hybridized carbons (Fsp3) is 0.500. The smallest absolute Gasteiger partial charge is 0.269 e. The van der Waals surface area contributed by atoms with Crippen molar-refractivity contribution in [2.45, 2.75) is 25.7 Å². The fourth-order valence-corrected chi connectivity index (χ4v) is 2.62. The number of aliphatic hydroxyl groups is 1. The van der Waals surface area contributed by atoms with Gasteiger partial charge in [0.2, 0.25) is 0 Å². The topological polar surface area (TPSA) is 92.5 Å². The Balaban J connectivity index is 1.96. The number of rotatable bonds is 5. The highest BCUT2D eigenvalue weighted by molar-refractivity contribution is 5.94. The van der Waals surface area contributed by atoms with Crippen LogP contribution in [-0.4, -0.2) is 29.1 Å². The molecule has 0 aliphatic heterocycles. The van der Waals surface area contributed by atoms with Crippen LogP contribution in [0.3, 0.4) is 0 Å². The lowest BCUT2D eigenvalue weighted by atomic mass is 9.87. The molecule has 0 heterocycles. The molecule has 1 aromatic rings. The second kappa shape index (κ2) is 6.00. The summed E-state index contributed by atoms with van der Waals surface area (Å²) in [7, 11) is 0. The van der Waals surface area contributed by atoms with Crippen LogP contribution in [0.5, 0.6) is 0 Å². The molecule has 1 amide bonds. The van der Waals surface area contributed by atoms with Gasteiger partial charge in [-0.2, -0.15) is 0 Å². The molecule has 1 saturated carbocycles. The van der Waals surface area contributed by atoms with Crippen molar-refractivity contribution < 1.29 is 14.8 Å².